The molecule has 3 nitrogen and oxygen atoms in total. The van der Waals surface area contributed by atoms with Crippen molar-refractivity contribution in [2.45, 2.75) is 158 Å². The molecule has 0 aromatic heterocycles. The molecule has 0 aliphatic carbocycles. The van der Waals surface area contributed by atoms with Gasteiger partial charge in [0.1, 0.15) is 0 Å². The summed E-state index contributed by atoms with van der Waals surface area (Å²) >= 11 is 0. The molecular formula is C34H75O3P3. The zero-order chi connectivity index (χ0) is 30.6. The van der Waals surface area contributed by atoms with Crippen LogP contribution in [0.15, 0.2) is 10.9 Å². The molecule has 0 saturated carbocycles. The minimum absolute atomic E-state index is 0.777. The monoisotopic (exact) mass is 624 g/mol. The van der Waals surface area contributed by atoms with Gasteiger partial charge in [-0.2, -0.15) is 0 Å². The van der Waals surface area contributed by atoms with Crippen molar-refractivity contribution in [1.82, 2.24) is 0 Å². The van der Waals surface area contributed by atoms with E-state index in [1.54, 1.807) is 0 Å². The van der Waals surface area contributed by atoms with Crippen molar-refractivity contribution >= 4 is 20.8 Å². The molecule has 0 heterocycles. The summed E-state index contributed by atoms with van der Waals surface area (Å²) in [5.74, 6) is 2.58. The topological polar surface area (TPSA) is 57.5 Å². The van der Waals surface area contributed by atoms with E-state index in [1.807, 2.05) is 0 Å². The van der Waals surface area contributed by atoms with Gasteiger partial charge in [0.15, 0.2) is 0 Å². The molecule has 0 unspecified atom stereocenters. The van der Waals surface area contributed by atoms with Crippen molar-refractivity contribution < 1.29 is 14.4 Å². The quantitative estimate of drug-likeness (QED) is 0.0894. The summed E-state index contributed by atoms with van der Waals surface area (Å²) in [5.41, 5.74) is 0. The average Bonchev–Trinajstić information content (AvgIpc) is 2.95. The molecule has 0 amide bonds. The fourth-order valence-electron chi connectivity index (χ4n) is 7.62. The second kappa shape index (κ2) is 19.9. The molecule has 0 radical (unpaired) electrons. The third-order valence-electron chi connectivity index (χ3n) is 10.3. The van der Waals surface area contributed by atoms with Gasteiger partial charge in [-0.25, -0.2) is 0 Å². The van der Waals surface area contributed by atoms with Crippen LogP contribution in [0.25, 0.3) is 0 Å². The van der Waals surface area contributed by atoms with E-state index >= 15 is 0 Å². The number of hydrogen-bond donors (Lipinski definition) is 2. The van der Waals surface area contributed by atoms with Gasteiger partial charge in [-0.1, -0.05) is 0 Å². The summed E-state index contributed by atoms with van der Waals surface area (Å²) in [7, 11) is -4.44. The first-order valence-electron chi connectivity index (χ1n) is 17.8. The predicted octanol–water partition coefficient (Wildman–Crippen LogP) is 12.5. The Morgan fingerprint density at radius 3 is 0.900 bits per heavy atom. The average molecular weight is 625 g/mol. The second-order valence-electron chi connectivity index (χ2n) is 13.7. The molecule has 40 heavy (non-hydrogen) atoms. The third kappa shape index (κ3) is 11.7. The molecule has 6 heteroatoms. The molecular weight excluding hydrogens is 549 g/mol. The summed E-state index contributed by atoms with van der Waals surface area (Å²) < 4.78 is 14.2. The molecule has 0 spiro atoms. The van der Waals surface area contributed by atoms with Crippen molar-refractivity contribution in [3.05, 3.63) is 10.9 Å². The van der Waals surface area contributed by atoms with Crippen LogP contribution in [0.3, 0.4) is 0 Å². The minimum atomic E-state index is -4.44. The van der Waals surface area contributed by atoms with E-state index < -0.39 is 20.8 Å². The second-order valence-corrected chi connectivity index (χ2v) is 28.0. The zero-order valence-electron chi connectivity index (χ0n) is 28.7. The first-order chi connectivity index (χ1) is 19.0. The maximum atomic E-state index is 14.2. The van der Waals surface area contributed by atoms with E-state index in [2.05, 4.69) is 61.2 Å². The first-order valence-corrected chi connectivity index (χ1v) is 25.4. The van der Waals surface area contributed by atoms with Crippen LogP contribution in [0.4, 0.5) is 0 Å². The van der Waals surface area contributed by atoms with Gasteiger partial charge in [-0.3, -0.25) is 0 Å². The van der Waals surface area contributed by atoms with E-state index in [-0.39, 0.29) is 0 Å². The van der Waals surface area contributed by atoms with Gasteiger partial charge in [-0.05, 0) is 0 Å². The Morgan fingerprint density at radius 1 is 0.475 bits per heavy atom. The molecule has 0 saturated heterocycles. The first kappa shape index (κ1) is 40.8. The number of unbranched alkanes of at least 4 members (excludes halogenated alkanes) is 8. The normalized spacial score (nSPS) is 15.5. The van der Waals surface area contributed by atoms with Crippen molar-refractivity contribution in [3.8, 4) is 0 Å². The molecule has 0 aromatic carbocycles. The van der Waals surface area contributed by atoms with Crippen LogP contribution in [-0.2, 0) is 4.57 Å². The zero-order valence-corrected chi connectivity index (χ0v) is 31.4. The van der Waals surface area contributed by atoms with Gasteiger partial charge >= 0.3 is 253 Å². The van der Waals surface area contributed by atoms with Gasteiger partial charge in [0.25, 0.3) is 0 Å². The van der Waals surface area contributed by atoms with Gasteiger partial charge in [0, 0.05) is 0 Å². The van der Waals surface area contributed by atoms with E-state index in [1.165, 1.54) is 76.0 Å². The molecule has 0 aliphatic heterocycles. The van der Waals surface area contributed by atoms with E-state index in [0.717, 1.165) is 81.1 Å². The van der Waals surface area contributed by atoms with Crippen LogP contribution in [0.2, 0.25) is 0 Å². The molecule has 2 N–H and O–H groups in total. The van der Waals surface area contributed by atoms with Crippen molar-refractivity contribution in [2.75, 3.05) is 49.3 Å². The molecule has 0 aromatic rings. The summed E-state index contributed by atoms with van der Waals surface area (Å²) in [6.07, 6.45) is 27.4. The van der Waals surface area contributed by atoms with Crippen LogP contribution in [0.5, 0.6) is 0 Å². The van der Waals surface area contributed by atoms with Crippen LogP contribution in [-0.4, -0.2) is 59.1 Å². The maximum absolute atomic E-state index is 14.2. The van der Waals surface area contributed by atoms with E-state index in [4.69, 9.17) is 0 Å². The van der Waals surface area contributed by atoms with Gasteiger partial charge in [-0.15, -0.1) is 0 Å². The predicted molar refractivity (Wildman–Crippen MR) is 192 cm³/mol. The number of rotatable bonds is 27. The Morgan fingerprint density at radius 2 is 0.700 bits per heavy atom. The van der Waals surface area contributed by atoms with Gasteiger partial charge < -0.3 is 0 Å². The van der Waals surface area contributed by atoms with Crippen LogP contribution in [0, 0.1) is 0 Å². The molecule has 0 rings (SSSR count). The Bertz CT molecular complexity index is 656. The van der Waals surface area contributed by atoms with Crippen LogP contribution >= 0.6 is 20.8 Å². The molecule has 0 aliphatic rings. The summed E-state index contributed by atoms with van der Waals surface area (Å²) in [4.78, 5) is 23.3. The summed E-state index contributed by atoms with van der Waals surface area (Å²) in [6, 6.07) is 0. The van der Waals surface area contributed by atoms with E-state index in [0.29, 0.717) is 0 Å². The van der Waals surface area contributed by atoms with Crippen LogP contribution in [0.1, 0.15) is 158 Å². The standard InChI is InChI=1S/C34H75O3P3/c1-9-17-25-39(26-18-10-2,27-19-11-3,28-20-12-4)33-34(38(35,36)37)40(29-21-13-5,30-22-14-6,31-23-15-7)32-24-16-8/h33H,9-32H2,1-8H3,(H2,35,36,37). The number of hydrogen-bond acceptors (Lipinski definition) is 1. The van der Waals surface area contributed by atoms with Gasteiger partial charge in [0.2, 0.25) is 0 Å². The Kier molecular flexibility index (Phi) is 20.3. The molecule has 0 fully saturated rings. The third-order valence-corrected chi connectivity index (χ3v) is 28.4. The molecule has 0 atom stereocenters. The van der Waals surface area contributed by atoms with Crippen molar-refractivity contribution in [1.29, 1.82) is 0 Å². The fourth-order valence-corrected chi connectivity index (χ4v) is 29.7. The summed E-state index contributed by atoms with van der Waals surface area (Å²) in [5, 5.41) is 0.777. The van der Waals surface area contributed by atoms with E-state index in [9.17, 15) is 14.4 Å². The Balaban J connectivity index is 8.20. The summed E-state index contributed by atoms with van der Waals surface area (Å²) in [6.45, 7) is 12.9. The fraction of sp³-hybridized carbons (Fsp3) is 0.941. The van der Waals surface area contributed by atoms with Crippen molar-refractivity contribution in [2.24, 2.45) is 0 Å². The van der Waals surface area contributed by atoms with Gasteiger partial charge in [0.05, 0.1) is 0 Å². The molecule has 244 valence electrons. The SMILES string of the molecule is CCCCP(C=C(P(=O)(O)O)P(CCCC)(CCCC)(CCCC)CCCC)(CCCC)(CCCC)CCCC. The Labute approximate surface area is 252 Å². The van der Waals surface area contributed by atoms with Crippen LogP contribution < -0.4 is 0 Å². The van der Waals surface area contributed by atoms with Crippen molar-refractivity contribution in [3.63, 3.8) is 0 Å². The Hall–Kier alpha value is 0.750. The molecule has 0 bridgehead atoms.